The van der Waals surface area contributed by atoms with Gasteiger partial charge in [0.25, 0.3) is 0 Å². The molecule has 0 radical (unpaired) electrons. The van der Waals surface area contributed by atoms with E-state index in [0.717, 1.165) is 11.5 Å². The lowest BCUT2D eigenvalue weighted by molar-refractivity contribution is -0.138. The van der Waals surface area contributed by atoms with Gasteiger partial charge in [0.05, 0.1) is 11.6 Å². The van der Waals surface area contributed by atoms with Gasteiger partial charge in [0.1, 0.15) is 5.76 Å². The Kier molecular flexibility index (Phi) is 1.65. The van der Waals surface area contributed by atoms with Crippen molar-refractivity contribution in [1.82, 2.24) is 4.98 Å². The highest BCUT2D eigenvalue weighted by atomic mass is 16.4. The van der Waals surface area contributed by atoms with Crippen LogP contribution in [0, 0.1) is 19.8 Å². The van der Waals surface area contributed by atoms with E-state index in [2.05, 4.69) is 4.98 Å². The van der Waals surface area contributed by atoms with Crippen molar-refractivity contribution in [2.75, 3.05) is 0 Å². The summed E-state index contributed by atoms with van der Waals surface area (Å²) in [6, 6.07) is 0. The number of carbonyl (C=O) groups is 1. The predicted octanol–water partition coefficient (Wildman–Crippen LogP) is 1.48. The number of hydrogen-bond donors (Lipinski definition) is 1. The molecule has 0 saturated heterocycles. The zero-order valence-electron chi connectivity index (χ0n) is 7.57. The van der Waals surface area contributed by atoms with Crippen LogP contribution in [0.5, 0.6) is 0 Å². The minimum atomic E-state index is -0.751. The van der Waals surface area contributed by atoms with Crippen LogP contribution in [0.2, 0.25) is 0 Å². The molecule has 2 atom stereocenters. The van der Waals surface area contributed by atoms with Crippen molar-refractivity contribution in [3.8, 4) is 0 Å². The summed E-state index contributed by atoms with van der Waals surface area (Å²) >= 11 is 0. The van der Waals surface area contributed by atoms with Crippen LogP contribution >= 0.6 is 0 Å². The number of hydrogen-bond acceptors (Lipinski definition) is 3. The number of oxazole rings is 1. The van der Waals surface area contributed by atoms with Gasteiger partial charge < -0.3 is 9.52 Å². The summed E-state index contributed by atoms with van der Waals surface area (Å²) < 4.78 is 5.34. The highest BCUT2D eigenvalue weighted by Crippen LogP contribution is 2.47. The second-order valence-corrected chi connectivity index (χ2v) is 3.48. The van der Waals surface area contributed by atoms with Crippen LogP contribution in [0.4, 0.5) is 0 Å². The molecule has 0 unspecified atom stereocenters. The third kappa shape index (κ3) is 1.32. The number of carboxylic acids is 1. The summed E-state index contributed by atoms with van der Waals surface area (Å²) in [6.07, 6.45) is 0.661. The van der Waals surface area contributed by atoms with Crippen LogP contribution in [0.3, 0.4) is 0 Å². The van der Waals surface area contributed by atoms with Gasteiger partial charge in [0.2, 0.25) is 0 Å². The number of rotatable bonds is 2. The average molecular weight is 181 g/mol. The molecule has 1 aromatic rings. The van der Waals surface area contributed by atoms with Crippen LogP contribution in [-0.4, -0.2) is 16.1 Å². The topological polar surface area (TPSA) is 63.3 Å². The zero-order valence-corrected chi connectivity index (χ0v) is 7.57. The SMILES string of the molecule is Cc1nc([C@@H]2C[C@H]2C(=O)O)oc1C. The molecule has 4 nitrogen and oxygen atoms in total. The summed E-state index contributed by atoms with van der Waals surface area (Å²) in [5, 5.41) is 8.69. The molecule has 4 heteroatoms. The molecule has 0 amide bonds. The Labute approximate surface area is 75.6 Å². The summed E-state index contributed by atoms with van der Waals surface area (Å²) in [4.78, 5) is 14.7. The molecule has 0 bridgehead atoms. The van der Waals surface area contributed by atoms with Gasteiger partial charge in [0.15, 0.2) is 5.89 Å². The summed E-state index contributed by atoms with van der Waals surface area (Å²) in [6.45, 7) is 3.70. The van der Waals surface area contributed by atoms with Crippen molar-refractivity contribution in [3.05, 3.63) is 17.3 Å². The van der Waals surface area contributed by atoms with Crippen molar-refractivity contribution >= 4 is 5.97 Å². The number of aryl methyl sites for hydroxylation is 2. The van der Waals surface area contributed by atoms with Crippen LogP contribution in [0.15, 0.2) is 4.42 Å². The molecule has 1 aliphatic carbocycles. The number of nitrogens with zero attached hydrogens (tertiary/aromatic N) is 1. The van der Waals surface area contributed by atoms with E-state index >= 15 is 0 Å². The molecule has 0 spiro atoms. The molecular weight excluding hydrogens is 170 g/mol. The Morgan fingerprint density at radius 2 is 2.31 bits per heavy atom. The van der Waals surface area contributed by atoms with E-state index in [1.165, 1.54) is 0 Å². The fourth-order valence-electron chi connectivity index (χ4n) is 1.40. The summed E-state index contributed by atoms with van der Waals surface area (Å²) in [5.41, 5.74) is 0.853. The molecule has 1 saturated carbocycles. The Hall–Kier alpha value is -1.32. The maximum Gasteiger partial charge on any atom is 0.307 e. The molecule has 0 aromatic carbocycles. The Morgan fingerprint density at radius 1 is 1.62 bits per heavy atom. The van der Waals surface area contributed by atoms with Crippen molar-refractivity contribution in [3.63, 3.8) is 0 Å². The van der Waals surface area contributed by atoms with Crippen LogP contribution in [0.25, 0.3) is 0 Å². The van der Waals surface area contributed by atoms with Gasteiger partial charge in [-0.25, -0.2) is 4.98 Å². The van der Waals surface area contributed by atoms with E-state index in [-0.39, 0.29) is 11.8 Å². The third-order valence-corrected chi connectivity index (χ3v) is 2.47. The quantitative estimate of drug-likeness (QED) is 0.750. The lowest BCUT2D eigenvalue weighted by Crippen LogP contribution is -1.98. The number of carboxylic acid groups (broad SMARTS) is 1. The normalized spacial score (nSPS) is 26.0. The third-order valence-electron chi connectivity index (χ3n) is 2.47. The molecule has 2 rings (SSSR count). The number of aromatic nitrogens is 1. The van der Waals surface area contributed by atoms with E-state index in [9.17, 15) is 4.79 Å². The lowest BCUT2D eigenvalue weighted by atomic mass is 10.3. The largest absolute Gasteiger partial charge is 0.481 e. The molecule has 1 fully saturated rings. The average Bonchev–Trinajstić information content (AvgIpc) is 2.76. The van der Waals surface area contributed by atoms with E-state index in [0.29, 0.717) is 12.3 Å². The fourth-order valence-corrected chi connectivity index (χ4v) is 1.40. The van der Waals surface area contributed by atoms with Crippen molar-refractivity contribution in [1.29, 1.82) is 0 Å². The van der Waals surface area contributed by atoms with Crippen LogP contribution in [-0.2, 0) is 4.79 Å². The second kappa shape index (κ2) is 2.58. The Bertz CT molecular complexity index is 336. The first-order valence-electron chi connectivity index (χ1n) is 4.26. The van der Waals surface area contributed by atoms with Gasteiger partial charge in [-0.3, -0.25) is 4.79 Å². The van der Waals surface area contributed by atoms with E-state index in [1.54, 1.807) is 0 Å². The van der Waals surface area contributed by atoms with Crippen LogP contribution < -0.4 is 0 Å². The van der Waals surface area contributed by atoms with Crippen molar-refractivity contribution in [2.45, 2.75) is 26.2 Å². The lowest BCUT2D eigenvalue weighted by Gasteiger charge is -1.88. The fraction of sp³-hybridized carbons (Fsp3) is 0.556. The molecule has 0 aliphatic heterocycles. The molecular formula is C9H11NO3. The maximum atomic E-state index is 10.6. The minimum absolute atomic E-state index is 0.00454. The van der Waals surface area contributed by atoms with E-state index < -0.39 is 5.97 Å². The van der Waals surface area contributed by atoms with Gasteiger partial charge in [0, 0.05) is 5.92 Å². The zero-order chi connectivity index (χ0) is 9.59. The first-order valence-corrected chi connectivity index (χ1v) is 4.26. The second-order valence-electron chi connectivity index (χ2n) is 3.48. The van der Waals surface area contributed by atoms with Gasteiger partial charge >= 0.3 is 5.97 Å². The van der Waals surface area contributed by atoms with Gasteiger partial charge in [-0.05, 0) is 20.3 Å². The minimum Gasteiger partial charge on any atom is -0.481 e. The Morgan fingerprint density at radius 3 is 2.69 bits per heavy atom. The maximum absolute atomic E-state index is 10.6. The smallest absolute Gasteiger partial charge is 0.307 e. The summed E-state index contributed by atoms with van der Waals surface area (Å²) in [5.74, 6) is 0.342. The first kappa shape index (κ1) is 8.29. The monoisotopic (exact) mass is 181 g/mol. The standard InChI is InChI=1S/C9H11NO3/c1-4-5(2)13-8(10-4)6-3-7(6)9(11)12/h6-7H,3H2,1-2H3,(H,11,12)/t6-,7-/m1/s1. The van der Waals surface area contributed by atoms with Crippen LogP contribution in [0.1, 0.15) is 29.7 Å². The van der Waals surface area contributed by atoms with Gasteiger partial charge in [-0.15, -0.1) is 0 Å². The van der Waals surface area contributed by atoms with Gasteiger partial charge in [-0.1, -0.05) is 0 Å². The van der Waals surface area contributed by atoms with Gasteiger partial charge in [-0.2, -0.15) is 0 Å². The Balaban J connectivity index is 2.16. The summed E-state index contributed by atoms with van der Waals surface area (Å²) in [7, 11) is 0. The molecule has 1 heterocycles. The predicted molar refractivity (Wildman–Crippen MR) is 44.5 cm³/mol. The van der Waals surface area contributed by atoms with Crippen molar-refractivity contribution < 1.29 is 14.3 Å². The molecule has 13 heavy (non-hydrogen) atoms. The molecule has 70 valence electrons. The molecule has 1 aromatic heterocycles. The molecule has 1 aliphatic rings. The van der Waals surface area contributed by atoms with E-state index in [1.807, 2.05) is 13.8 Å². The first-order chi connectivity index (χ1) is 6.09. The van der Waals surface area contributed by atoms with E-state index in [4.69, 9.17) is 9.52 Å². The van der Waals surface area contributed by atoms with Crippen molar-refractivity contribution in [2.24, 2.45) is 5.92 Å². The highest BCUT2D eigenvalue weighted by Gasteiger charge is 2.47. The number of aliphatic carboxylic acids is 1. The highest BCUT2D eigenvalue weighted by molar-refractivity contribution is 5.74. The molecule has 1 N–H and O–H groups in total.